The summed E-state index contributed by atoms with van der Waals surface area (Å²) in [5.41, 5.74) is 0. The van der Waals surface area contributed by atoms with Crippen LogP contribution in [-0.4, -0.2) is 43.0 Å². The Morgan fingerprint density at radius 1 is 1.56 bits per heavy atom. The summed E-state index contributed by atoms with van der Waals surface area (Å²) in [5.74, 6) is 0.432. The zero-order valence-corrected chi connectivity index (χ0v) is 10.9. The van der Waals surface area contributed by atoms with Gasteiger partial charge < -0.3 is 4.74 Å². The average Bonchev–Trinajstić information content (AvgIpc) is 2.29. The quantitative estimate of drug-likeness (QED) is 0.697. The second-order valence-corrected chi connectivity index (χ2v) is 4.78. The first-order chi connectivity index (χ1) is 7.69. The molecule has 0 radical (unpaired) electrons. The molecule has 0 N–H and O–H groups in total. The molecule has 0 aromatic heterocycles. The first-order valence-corrected chi connectivity index (χ1v) is 6.45. The summed E-state index contributed by atoms with van der Waals surface area (Å²) in [6, 6.07) is 0.998. The summed E-state index contributed by atoms with van der Waals surface area (Å²) in [5, 5.41) is 0. The number of ketones is 1. The summed E-state index contributed by atoms with van der Waals surface area (Å²) in [6.07, 6.45) is 4.89. The van der Waals surface area contributed by atoms with E-state index >= 15 is 0 Å². The van der Waals surface area contributed by atoms with E-state index in [-0.39, 0.29) is 0 Å². The number of rotatable bonds is 6. The Balaban J connectivity index is 2.55. The molecule has 1 fully saturated rings. The zero-order valence-electron chi connectivity index (χ0n) is 10.9. The molecular weight excluding hydrogens is 202 g/mol. The molecule has 94 valence electrons. The predicted molar refractivity (Wildman–Crippen MR) is 65.6 cm³/mol. The normalized spacial score (nSPS) is 23.8. The van der Waals surface area contributed by atoms with E-state index in [0.29, 0.717) is 17.9 Å². The van der Waals surface area contributed by atoms with Crippen LogP contribution in [0.1, 0.15) is 46.0 Å². The van der Waals surface area contributed by atoms with Crippen LogP contribution in [0.3, 0.4) is 0 Å². The molecule has 3 heteroatoms. The molecule has 0 heterocycles. The van der Waals surface area contributed by atoms with Crippen molar-refractivity contribution < 1.29 is 9.53 Å². The Bertz CT molecular complexity index is 218. The number of hydrogen-bond donors (Lipinski definition) is 0. The van der Waals surface area contributed by atoms with Gasteiger partial charge in [0.2, 0.25) is 0 Å². The third-order valence-corrected chi connectivity index (χ3v) is 3.64. The highest BCUT2D eigenvalue weighted by molar-refractivity contribution is 5.79. The van der Waals surface area contributed by atoms with E-state index in [4.69, 9.17) is 4.74 Å². The van der Waals surface area contributed by atoms with Crippen LogP contribution in [0, 0.1) is 0 Å². The van der Waals surface area contributed by atoms with Crippen LogP contribution in [0.5, 0.6) is 0 Å². The van der Waals surface area contributed by atoms with E-state index in [0.717, 1.165) is 38.8 Å². The van der Waals surface area contributed by atoms with Gasteiger partial charge in [0.05, 0.1) is 6.61 Å². The van der Waals surface area contributed by atoms with Crippen molar-refractivity contribution in [2.45, 2.75) is 58.0 Å². The minimum absolute atomic E-state index is 0.432. The number of hydrogen-bond acceptors (Lipinski definition) is 3. The average molecular weight is 227 g/mol. The van der Waals surface area contributed by atoms with Gasteiger partial charge in [0, 0.05) is 38.6 Å². The molecule has 1 aliphatic rings. The van der Waals surface area contributed by atoms with Crippen LogP contribution in [-0.2, 0) is 9.53 Å². The predicted octanol–water partition coefficient (Wildman–Crippen LogP) is 2.25. The maximum atomic E-state index is 11.5. The van der Waals surface area contributed by atoms with Gasteiger partial charge in [0.15, 0.2) is 0 Å². The minimum Gasteiger partial charge on any atom is -0.383 e. The highest BCUT2D eigenvalue weighted by Crippen LogP contribution is 2.22. The molecule has 0 aromatic rings. The Labute approximate surface area is 99.1 Å². The molecule has 16 heavy (non-hydrogen) atoms. The van der Waals surface area contributed by atoms with Crippen molar-refractivity contribution >= 4 is 5.78 Å². The Morgan fingerprint density at radius 3 is 2.88 bits per heavy atom. The second-order valence-electron chi connectivity index (χ2n) is 4.78. The van der Waals surface area contributed by atoms with Gasteiger partial charge in [-0.2, -0.15) is 0 Å². The molecule has 2 unspecified atom stereocenters. The zero-order chi connectivity index (χ0) is 12.0. The molecule has 0 amide bonds. The van der Waals surface area contributed by atoms with Crippen molar-refractivity contribution in [1.29, 1.82) is 0 Å². The Kier molecular flexibility index (Phi) is 5.99. The highest BCUT2D eigenvalue weighted by Gasteiger charge is 2.27. The molecule has 0 bridgehead atoms. The van der Waals surface area contributed by atoms with E-state index in [1.165, 1.54) is 6.42 Å². The molecule has 3 nitrogen and oxygen atoms in total. The Hall–Kier alpha value is -0.410. The van der Waals surface area contributed by atoms with Crippen LogP contribution in [0.15, 0.2) is 0 Å². The van der Waals surface area contributed by atoms with Crippen molar-refractivity contribution in [2.75, 3.05) is 20.3 Å². The number of methoxy groups -OCH3 is 1. The topological polar surface area (TPSA) is 29.5 Å². The SMILES string of the molecule is CCC(C)N(CCOC)C1CCCC(=O)C1. The van der Waals surface area contributed by atoms with Gasteiger partial charge in [-0.25, -0.2) is 0 Å². The monoisotopic (exact) mass is 227 g/mol. The fraction of sp³-hybridized carbons (Fsp3) is 0.923. The van der Waals surface area contributed by atoms with E-state index in [2.05, 4.69) is 18.7 Å². The lowest BCUT2D eigenvalue weighted by atomic mass is 9.92. The third kappa shape index (κ3) is 3.87. The number of carbonyl (C=O) groups is 1. The second kappa shape index (κ2) is 7.02. The third-order valence-electron chi connectivity index (χ3n) is 3.64. The summed E-state index contributed by atoms with van der Waals surface area (Å²) in [6.45, 7) is 6.16. The summed E-state index contributed by atoms with van der Waals surface area (Å²) < 4.78 is 5.16. The van der Waals surface area contributed by atoms with Crippen molar-refractivity contribution in [3.8, 4) is 0 Å². The van der Waals surface area contributed by atoms with Gasteiger partial charge in [-0.15, -0.1) is 0 Å². The van der Waals surface area contributed by atoms with Gasteiger partial charge in [0.25, 0.3) is 0 Å². The molecular formula is C13H25NO2. The smallest absolute Gasteiger partial charge is 0.134 e. The maximum Gasteiger partial charge on any atom is 0.134 e. The molecule has 1 rings (SSSR count). The lowest BCUT2D eigenvalue weighted by Crippen LogP contribution is -2.45. The first-order valence-electron chi connectivity index (χ1n) is 6.45. The Morgan fingerprint density at radius 2 is 2.31 bits per heavy atom. The summed E-state index contributed by atoms with van der Waals surface area (Å²) in [7, 11) is 1.74. The van der Waals surface area contributed by atoms with E-state index < -0.39 is 0 Å². The van der Waals surface area contributed by atoms with Gasteiger partial charge >= 0.3 is 0 Å². The molecule has 0 saturated heterocycles. The van der Waals surface area contributed by atoms with Crippen LogP contribution in [0.4, 0.5) is 0 Å². The molecule has 1 saturated carbocycles. The van der Waals surface area contributed by atoms with Crippen molar-refractivity contribution in [3.63, 3.8) is 0 Å². The fourth-order valence-corrected chi connectivity index (χ4v) is 2.48. The maximum absolute atomic E-state index is 11.5. The van der Waals surface area contributed by atoms with E-state index in [1.807, 2.05) is 0 Å². The van der Waals surface area contributed by atoms with Crippen LogP contribution in [0.25, 0.3) is 0 Å². The van der Waals surface area contributed by atoms with Gasteiger partial charge in [-0.05, 0) is 26.2 Å². The standard InChI is InChI=1S/C13H25NO2/c1-4-11(2)14(8-9-16-3)12-6-5-7-13(15)10-12/h11-12H,4-10H2,1-3H3. The van der Waals surface area contributed by atoms with Gasteiger partial charge in [-0.1, -0.05) is 6.92 Å². The molecule has 0 aromatic carbocycles. The fourth-order valence-electron chi connectivity index (χ4n) is 2.48. The van der Waals surface area contributed by atoms with Gasteiger partial charge in [-0.3, -0.25) is 9.69 Å². The highest BCUT2D eigenvalue weighted by atomic mass is 16.5. The lowest BCUT2D eigenvalue weighted by Gasteiger charge is -2.37. The summed E-state index contributed by atoms with van der Waals surface area (Å²) >= 11 is 0. The minimum atomic E-state index is 0.432. The molecule has 0 aliphatic heterocycles. The van der Waals surface area contributed by atoms with E-state index in [9.17, 15) is 4.79 Å². The number of Topliss-reactive ketones (excluding diaryl/α,β-unsaturated/α-hetero) is 1. The van der Waals surface area contributed by atoms with Gasteiger partial charge in [0.1, 0.15) is 5.78 Å². The van der Waals surface area contributed by atoms with Crippen LogP contribution in [0.2, 0.25) is 0 Å². The number of nitrogens with zero attached hydrogens (tertiary/aromatic N) is 1. The molecule has 2 atom stereocenters. The number of ether oxygens (including phenoxy) is 1. The molecule has 0 spiro atoms. The van der Waals surface area contributed by atoms with Crippen LogP contribution >= 0.6 is 0 Å². The lowest BCUT2D eigenvalue weighted by molar-refractivity contribution is -0.122. The molecule has 1 aliphatic carbocycles. The van der Waals surface area contributed by atoms with Crippen LogP contribution < -0.4 is 0 Å². The van der Waals surface area contributed by atoms with E-state index in [1.54, 1.807) is 7.11 Å². The van der Waals surface area contributed by atoms with Crippen molar-refractivity contribution in [2.24, 2.45) is 0 Å². The van der Waals surface area contributed by atoms with Crippen molar-refractivity contribution in [1.82, 2.24) is 4.90 Å². The first kappa shape index (κ1) is 13.7. The van der Waals surface area contributed by atoms with Crippen molar-refractivity contribution in [3.05, 3.63) is 0 Å². The number of carbonyl (C=O) groups excluding carboxylic acids is 1. The summed E-state index contributed by atoms with van der Waals surface area (Å²) in [4.78, 5) is 14.0. The largest absolute Gasteiger partial charge is 0.383 e.